The molecule has 6 N–H and O–H groups in total. The van der Waals surface area contributed by atoms with Crippen molar-refractivity contribution in [3.63, 3.8) is 0 Å². The largest absolute Gasteiger partial charge is 0.455 e. The van der Waals surface area contributed by atoms with Crippen LogP contribution in [-0.2, 0) is 9.47 Å². The number of hydrogen-bond acceptors (Lipinski definition) is 9. The summed E-state index contributed by atoms with van der Waals surface area (Å²) < 4.78 is 11.6. The van der Waals surface area contributed by atoms with Crippen LogP contribution in [0.1, 0.15) is 50.9 Å². The molecule has 10 atom stereocenters. The van der Waals surface area contributed by atoms with Crippen molar-refractivity contribution in [3.8, 4) is 0 Å². The van der Waals surface area contributed by atoms with E-state index >= 15 is 0 Å². The number of hydrogen-bond donors (Lipinski definition) is 6. The lowest BCUT2D eigenvalue weighted by Crippen LogP contribution is -2.81. The molecule has 3 fully saturated rings. The van der Waals surface area contributed by atoms with Crippen LogP contribution in [0, 0.1) is 16.7 Å². The highest BCUT2D eigenvalue weighted by atomic mass is 16.6. The van der Waals surface area contributed by atoms with Gasteiger partial charge in [0, 0.05) is 29.6 Å². The highest BCUT2D eigenvalue weighted by Crippen LogP contribution is 2.63. The summed E-state index contributed by atoms with van der Waals surface area (Å²) in [6, 6.07) is 8.19. The van der Waals surface area contributed by atoms with Crippen LogP contribution in [0.5, 0.6) is 0 Å². The zero-order chi connectivity index (χ0) is 26.4. The molecule has 9 nitrogen and oxygen atoms in total. The molecule has 2 bridgehead atoms. The van der Waals surface area contributed by atoms with Gasteiger partial charge >= 0.3 is 5.97 Å². The van der Waals surface area contributed by atoms with Crippen LogP contribution in [0.3, 0.4) is 0 Å². The Labute approximate surface area is 210 Å². The van der Waals surface area contributed by atoms with E-state index < -0.39 is 70.5 Å². The zero-order valence-corrected chi connectivity index (χ0v) is 21.0. The van der Waals surface area contributed by atoms with E-state index in [0.717, 1.165) is 0 Å². The molecule has 1 aromatic carbocycles. The smallest absolute Gasteiger partial charge is 0.338 e. The average molecular weight is 505 g/mol. The average Bonchev–Trinajstić information content (AvgIpc) is 2.83. The topological polar surface area (TPSA) is 157 Å². The van der Waals surface area contributed by atoms with E-state index in [9.17, 15) is 35.4 Å². The summed E-state index contributed by atoms with van der Waals surface area (Å²) >= 11 is 0. The van der Waals surface area contributed by atoms with E-state index in [-0.39, 0.29) is 30.6 Å². The fraction of sp³-hybridized carbons (Fsp3) is 0.667. The number of ether oxygens (including phenoxy) is 2. The quantitative estimate of drug-likeness (QED) is 0.246. The number of carbonyl (C=O) groups excluding carboxylic acids is 1. The van der Waals surface area contributed by atoms with E-state index in [2.05, 4.69) is 0 Å². The van der Waals surface area contributed by atoms with Crippen molar-refractivity contribution >= 4 is 5.97 Å². The predicted octanol–water partition coefficient (Wildman–Crippen LogP) is 0.303. The van der Waals surface area contributed by atoms with Crippen LogP contribution in [0.15, 0.2) is 41.5 Å². The standard InChI is InChI=1S/C27H36O9/c1-13-15(28)11-27(34)22(36-23(32)14-8-6-5-7-9-14)20-25(4,16(29)10-17-26(20,33)12-35-17)21(31)19(30)18(13)24(27,2)3/h5-9,15-17,19-22,28-31,33-34H,10-12H2,1-4H3/t15?,16?,17?,19?,20?,21?,22?,25-,26+,27?/m1/s1. The van der Waals surface area contributed by atoms with Crippen molar-refractivity contribution in [1.82, 2.24) is 0 Å². The highest BCUT2D eigenvalue weighted by molar-refractivity contribution is 5.89. The monoisotopic (exact) mass is 504 g/mol. The number of esters is 1. The maximum absolute atomic E-state index is 13.4. The predicted molar refractivity (Wildman–Crippen MR) is 127 cm³/mol. The van der Waals surface area contributed by atoms with Gasteiger partial charge in [-0.05, 0) is 30.2 Å². The van der Waals surface area contributed by atoms with E-state index in [1.54, 1.807) is 51.1 Å². The van der Waals surface area contributed by atoms with Gasteiger partial charge in [0.25, 0.3) is 0 Å². The number of rotatable bonds is 2. The van der Waals surface area contributed by atoms with Crippen molar-refractivity contribution < 1.29 is 44.9 Å². The fourth-order valence-corrected chi connectivity index (χ4v) is 7.49. The molecule has 0 radical (unpaired) electrons. The summed E-state index contributed by atoms with van der Waals surface area (Å²) in [5.74, 6) is -1.99. The number of carbonyl (C=O) groups is 1. The summed E-state index contributed by atoms with van der Waals surface area (Å²) in [4.78, 5) is 13.4. The third-order valence-electron chi connectivity index (χ3n) is 9.87. The molecule has 1 aliphatic heterocycles. The first kappa shape index (κ1) is 25.8. The second-order valence-electron chi connectivity index (χ2n) is 11.8. The fourth-order valence-electron chi connectivity index (χ4n) is 7.49. The van der Waals surface area contributed by atoms with Crippen LogP contribution in [0.4, 0.5) is 0 Å². The van der Waals surface area contributed by atoms with Crippen molar-refractivity contribution in [2.24, 2.45) is 16.7 Å². The first-order valence-electron chi connectivity index (χ1n) is 12.5. The molecule has 9 heteroatoms. The summed E-state index contributed by atoms with van der Waals surface area (Å²) in [7, 11) is 0. The van der Waals surface area contributed by atoms with Gasteiger partial charge in [-0.3, -0.25) is 0 Å². The van der Waals surface area contributed by atoms with Crippen LogP contribution in [-0.4, -0.2) is 91.0 Å². The molecule has 198 valence electrons. The molecular formula is C27H36O9. The summed E-state index contributed by atoms with van der Waals surface area (Å²) in [6.45, 7) is 6.34. The molecule has 0 spiro atoms. The Morgan fingerprint density at radius 1 is 1.06 bits per heavy atom. The molecule has 5 rings (SSSR count). The van der Waals surface area contributed by atoms with Gasteiger partial charge in [-0.25, -0.2) is 4.79 Å². The van der Waals surface area contributed by atoms with Crippen molar-refractivity contribution in [1.29, 1.82) is 0 Å². The molecule has 1 saturated heterocycles. The van der Waals surface area contributed by atoms with Gasteiger partial charge in [-0.15, -0.1) is 0 Å². The van der Waals surface area contributed by atoms with E-state index in [1.807, 2.05) is 0 Å². The second-order valence-corrected chi connectivity index (χ2v) is 11.8. The van der Waals surface area contributed by atoms with Gasteiger partial charge in [-0.1, -0.05) is 39.0 Å². The lowest BCUT2D eigenvalue weighted by atomic mass is 9.44. The van der Waals surface area contributed by atoms with Crippen molar-refractivity contribution in [2.75, 3.05) is 6.61 Å². The zero-order valence-electron chi connectivity index (χ0n) is 21.0. The number of aliphatic hydroxyl groups is 6. The first-order chi connectivity index (χ1) is 16.7. The van der Waals surface area contributed by atoms with Crippen molar-refractivity contribution in [2.45, 2.75) is 88.4 Å². The Hall–Kier alpha value is -1.85. The lowest BCUT2D eigenvalue weighted by Gasteiger charge is -2.68. The maximum atomic E-state index is 13.4. The molecule has 8 unspecified atom stereocenters. The van der Waals surface area contributed by atoms with Crippen molar-refractivity contribution in [3.05, 3.63) is 47.0 Å². The van der Waals surface area contributed by atoms with Gasteiger partial charge in [0.15, 0.2) is 0 Å². The molecule has 4 aliphatic rings. The Balaban J connectivity index is 1.77. The second kappa shape index (κ2) is 8.07. The Morgan fingerprint density at radius 3 is 2.28 bits per heavy atom. The van der Waals surface area contributed by atoms with E-state index in [4.69, 9.17) is 9.47 Å². The summed E-state index contributed by atoms with van der Waals surface area (Å²) in [6.07, 6.45) is -8.16. The third-order valence-corrected chi connectivity index (χ3v) is 9.87. The van der Waals surface area contributed by atoms with Crippen LogP contribution >= 0.6 is 0 Å². The Morgan fingerprint density at radius 2 is 1.69 bits per heavy atom. The van der Waals surface area contributed by atoms with Gasteiger partial charge in [-0.2, -0.15) is 0 Å². The van der Waals surface area contributed by atoms with E-state index in [1.165, 1.54) is 6.92 Å². The summed E-state index contributed by atoms with van der Waals surface area (Å²) in [5, 5.41) is 69.8. The number of aliphatic hydroxyl groups excluding tert-OH is 4. The Bertz CT molecular complexity index is 1090. The molecule has 1 aromatic rings. The van der Waals surface area contributed by atoms with Crippen LogP contribution in [0.2, 0.25) is 0 Å². The number of fused-ring (bicyclic) bond motifs is 5. The lowest BCUT2D eigenvalue weighted by molar-refractivity contribution is -0.363. The molecule has 0 amide bonds. The third kappa shape index (κ3) is 3.11. The van der Waals surface area contributed by atoms with Gasteiger partial charge in [0.2, 0.25) is 0 Å². The first-order valence-corrected chi connectivity index (χ1v) is 12.5. The van der Waals surface area contributed by atoms with Gasteiger partial charge < -0.3 is 40.1 Å². The molecular weight excluding hydrogens is 468 g/mol. The molecule has 36 heavy (non-hydrogen) atoms. The minimum Gasteiger partial charge on any atom is -0.455 e. The van der Waals surface area contributed by atoms with E-state index in [0.29, 0.717) is 5.57 Å². The summed E-state index contributed by atoms with van der Waals surface area (Å²) in [5.41, 5.74) is -5.70. The Kier molecular flexibility index (Phi) is 5.78. The molecule has 0 aromatic heterocycles. The molecule has 3 aliphatic carbocycles. The molecule has 1 heterocycles. The van der Waals surface area contributed by atoms with Crippen LogP contribution < -0.4 is 0 Å². The minimum absolute atomic E-state index is 0.00485. The van der Waals surface area contributed by atoms with Gasteiger partial charge in [0.1, 0.15) is 23.4 Å². The van der Waals surface area contributed by atoms with Crippen LogP contribution in [0.25, 0.3) is 0 Å². The van der Waals surface area contributed by atoms with Gasteiger partial charge in [0.05, 0.1) is 36.6 Å². The highest BCUT2D eigenvalue weighted by Gasteiger charge is 2.75. The maximum Gasteiger partial charge on any atom is 0.338 e. The SMILES string of the molecule is CC1=C2C(O)C(O)[C@]3(C)C(O)CC4OC[C@@]4(O)C3C(OC(=O)c3ccccc3)C(O)(CC1O)C2(C)C. The normalized spacial score (nSPS) is 47.6. The molecule has 2 saturated carbocycles. The number of benzene rings is 1. The minimum atomic E-state index is -1.98.